The molecule has 25 heavy (non-hydrogen) atoms. The monoisotopic (exact) mass is 395 g/mol. The number of esters is 1. The Kier molecular flexibility index (Phi) is 9.69. The maximum absolute atomic E-state index is 12.5. The molecule has 2 atom stereocenters. The molecule has 0 aliphatic carbocycles. The van der Waals surface area contributed by atoms with Gasteiger partial charge in [-0.15, -0.1) is 0 Å². The molecular weight excluding hydrogens is 362 g/mol. The van der Waals surface area contributed by atoms with Crippen molar-refractivity contribution in [2.24, 2.45) is 17.8 Å². The molecule has 0 fully saturated rings. The Morgan fingerprint density at radius 2 is 1.72 bits per heavy atom. The highest BCUT2D eigenvalue weighted by molar-refractivity contribution is 7.90. The van der Waals surface area contributed by atoms with E-state index < -0.39 is 26.7 Å². The summed E-state index contributed by atoms with van der Waals surface area (Å²) in [6.45, 7) is 14.7. The van der Waals surface area contributed by atoms with E-state index in [1.165, 1.54) is 0 Å². The average Bonchev–Trinajstić information content (AvgIpc) is 2.42. The number of sulfonamides is 1. The van der Waals surface area contributed by atoms with Crippen LogP contribution < -0.4 is 4.72 Å². The van der Waals surface area contributed by atoms with E-state index in [1.54, 1.807) is 33.8 Å². The summed E-state index contributed by atoms with van der Waals surface area (Å²) >= 11 is 6.45. The number of ether oxygens (including phenoxy) is 1. The molecule has 0 unspecified atom stereocenters. The number of halogens is 1. The summed E-state index contributed by atoms with van der Waals surface area (Å²) in [5.41, 5.74) is 0. The molecule has 0 radical (unpaired) electrons. The zero-order chi connectivity index (χ0) is 20.0. The van der Waals surface area contributed by atoms with Gasteiger partial charge in [0.05, 0.1) is 23.3 Å². The number of nitrogens with one attached hydrogen (secondary N) is 1. The van der Waals surface area contributed by atoms with Crippen molar-refractivity contribution in [3.05, 3.63) is 11.1 Å². The molecule has 0 spiro atoms. The van der Waals surface area contributed by atoms with Gasteiger partial charge in [0.1, 0.15) is 0 Å². The molecule has 0 aliphatic rings. The Hall–Kier alpha value is -0.590. The molecule has 0 amide bonds. The molecule has 7 heteroatoms. The van der Waals surface area contributed by atoms with Gasteiger partial charge >= 0.3 is 5.97 Å². The number of rotatable bonds is 9. The molecule has 0 aromatic heterocycles. The topological polar surface area (TPSA) is 72.5 Å². The summed E-state index contributed by atoms with van der Waals surface area (Å²) in [5, 5.41) is 0.321. The fourth-order valence-corrected chi connectivity index (χ4v) is 3.75. The zero-order valence-corrected chi connectivity index (χ0v) is 18.3. The fourth-order valence-electron chi connectivity index (χ4n) is 2.14. The number of hydrogen-bond donors (Lipinski definition) is 1. The van der Waals surface area contributed by atoms with Gasteiger partial charge in [-0.3, -0.25) is 4.79 Å². The van der Waals surface area contributed by atoms with Crippen LogP contribution in [0.15, 0.2) is 11.1 Å². The van der Waals surface area contributed by atoms with Crippen LogP contribution in [-0.4, -0.2) is 31.8 Å². The number of hydrogen-bond acceptors (Lipinski definition) is 4. The summed E-state index contributed by atoms with van der Waals surface area (Å²) in [6, 6.07) is -0.588. The number of carbonyl (C=O) groups is 1. The summed E-state index contributed by atoms with van der Waals surface area (Å²) in [7, 11) is -3.57. The minimum Gasteiger partial charge on any atom is -0.466 e. The van der Waals surface area contributed by atoms with E-state index in [-0.39, 0.29) is 17.8 Å². The lowest BCUT2D eigenvalue weighted by molar-refractivity contribution is -0.146. The third kappa shape index (κ3) is 8.09. The van der Waals surface area contributed by atoms with Crippen molar-refractivity contribution < 1.29 is 17.9 Å². The third-order valence-electron chi connectivity index (χ3n) is 3.73. The van der Waals surface area contributed by atoms with Gasteiger partial charge in [0.15, 0.2) is 0 Å². The Morgan fingerprint density at radius 1 is 1.20 bits per heavy atom. The summed E-state index contributed by atoms with van der Waals surface area (Å²) in [6.07, 6.45) is 2.22. The molecule has 0 saturated carbocycles. The summed E-state index contributed by atoms with van der Waals surface area (Å²) < 4.78 is 31.8. The highest BCUT2D eigenvalue weighted by Gasteiger charge is 2.33. The quantitative estimate of drug-likeness (QED) is 0.597. The van der Waals surface area contributed by atoms with Crippen LogP contribution in [-0.2, 0) is 19.6 Å². The second kappa shape index (κ2) is 9.93. The van der Waals surface area contributed by atoms with E-state index in [4.69, 9.17) is 16.3 Å². The van der Waals surface area contributed by atoms with Crippen LogP contribution in [0, 0.1) is 17.8 Å². The van der Waals surface area contributed by atoms with Crippen LogP contribution in [0.5, 0.6) is 0 Å². The van der Waals surface area contributed by atoms with Crippen molar-refractivity contribution in [3.8, 4) is 0 Å². The molecule has 5 nitrogen and oxygen atoms in total. The zero-order valence-electron chi connectivity index (χ0n) is 16.7. The lowest BCUT2D eigenvalue weighted by Gasteiger charge is -2.28. The van der Waals surface area contributed by atoms with E-state index in [0.717, 1.165) is 0 Å². The Balaban J connectivity index is 5.64. The van der Waals surface area contributed by atoms with Crippen LogP contribution in [0.1, 0.15) is 61.8 Å². The summed E-state index contributed by atoms with van der Waals surface area (Å²) in [4.78, 5) is 12.2. The van der Waals surface area contributed by atoms with Gasteiger partial charge in [0.25, 0.3) is 0 Å². The maximum Gasteiger partial charge on any atom is 0.312 e. The van der Waals surface area contributed by atoms with E-state index in [2.05, 4.69) is 4.72 Å². The normalized spacial score (nSPS) is 16.2. The lowest BCUT2D eigenvalue weighted by atomic mass is 9.94. The molecular formula is C18H34ClNO4S. The Bertz CT molecular complexity index is 562. The maximum atomic E-state index is 12.5. The number of carbonyl (C=O) groups excluding carboxylic acids is 1. The second-order valence-corrected chi connectivity index (χ2v) is 10.9. The van der Waals surface area contributed by atoms with Crippen molar-refractivity contribution in [3.63, 3.8) is 0 Å². The van der Waals surface area contributed by atoms with Gasteiger partial charge in [-0.25, -0.2) is 13.1 Å². The highest BCUT2D eigenvalue weighted by Crippen LogP contribution is 2.25. The molecule has 0 saturated heterocycles. The summed E-state index contributed by atoms with van der Waals surface area (Å²) in [5.74, 6) is -0.620. The molecule has 0 rings (SSSR count). The molecule has 148 valence electrons. The SMILES string of the molecule is CCOC(=O)[C@@H](/C=C(\Cl)[C@@H](NS(=O)(=O)C(C)(C)C)C(C)C)CC(C)C. The molecule has 1 N–H and O–H groups in total. The minimum atomic E-state index is -3.57. The van der Waals surface area contributed by atoms with Crippen LogP contribution in [0.25, 0.3) is 0 Å². The second-order valence-electron chi connectivity index (χ2n) is 7.99. The van der Waals surface area contributed by atoms with Crippen molar-refractivity contribution in [1.82, 2.24) is 4.72 Å². The largest absolute Gasteiger partial charge is 0.466 e. The van der Waals surface area contributed by atoms with Gasteiger partial charge in [-0.05, 0) is 46.0 Å². The van der Waals surface area contributed by atoms with Crippen molar-refractivity contribution >= 4 is 27.6 Å². The molecule has 0 aromatic carbocycles. The predicted octanol–water partition coefficient (Wildman–Crippen LogP) is 4.08. The minimum absolute atomic E-state index is 0.0669. The van der Waals surface area contributed by atoms with Crippen LogP contribution in [0.3, 0.4) is 0 Å². The highest BCUT2D eigenvalue weighted by atomic mass is 35.5. The first-order valence-electron chi connectivity index (χ1n) is 8.78. The van der Waals surface area contributed by atoms with E-state index in [0.29, 0.717) is 18.1 Å². The Labute approximate surface area is 158 Å². The van der Waals surface area contributed by atoms with E-state index >= 15 is 0 Å². The van der Waals surface area contributed by atoms with Crippen LogP contribution in [0.2, 0.25) is 0 Å². The first-order chi connectivity index (χ1) is 11.2. The van der Waals surface area contributed by atoms with Crippen molar-refractivity contribution in [1.29, 1.82) is 0 Å². The van der Waals surface area contributed by atoms with Gasteiger partial charge in [0, 0.05) is 5.03 Å². The van der Waals surface area contributed by atoms with Gasteiger partial charge in [0.2, 0.25) is 10.0 Å². The first kappa shape index (κ1) is 24.4. The van der Waals surface area contributed by atoms with Gasteiger partial charge in [-0.2, -0.15) is 0 Å². The molecule has 0 aliphatic heterocycles. The Morgan fingerprint density at radius 3 is 2.08 bits per heavy atom. The van der Waals surface area contributed by atoms with Crippen LogP contribution in [0.4, 0.5) is 0 Å². The lowest BCUT2D eigenvalue weighted by Crippen LogP contribution is -2.47. The van der Waals surface area contributed by atoms with E-state index in [9.17, 15) is 13.2 Å². The van der Waals surface area contributed by atoms with Gasteiger partial charge in [-0.1, -0.05) is 45.4 Å². The van der Waals surface area contributed by atoms with Crippen LogP contribution >= 0.6 is 11.6 Å². The standard InChI is InChI=1S/C18H34ClNO4S/c1-9-24-17(21)14(10-12(2)3)11-15(19)16(13(4)5)20-25(22,23)18(6,7)8/h11-14,16,20H,9-10H2,1-8H3/b15-11-/t14-,16+/m1/s1. The molecule has 0 bridgehead atoms. The molecule has 0 heterocycles. The molecule has 0 aromatic rings. The predicted molar refractivity (Wildman–Crippen MR) is 104 cm³/mol. The van der Waals surface area contributed by atoms with Gasteiger partial charge < -0.3 is 4.74 Å². The van der Waals surface area contributed by atoms with E-state index in [1.807, 2.05) is 27.7 Å². The van der Waals surface area contributed by atoms with Crippen molar-refractivity contribution in [2.45, 2.75) is 72.6 Å². The van der Waals surface area contributed by atoms with Crippen molar-refractivity contribution in [2.75, 3.05) is 6.61 Å². The first-order valence-corrected chi connectivity index (χ1v) is 10.6. The average molecular weight is 396 g/mol. The smallest absolute Gasteiger partial charge is 0.312 e. The third-order valence-corrected chi connectivity index (χ3v) is 6.26. The fraction of sp³-hybridized carbons (Fsp3) is 0.833.